The maximum absolute atomic E-state index is 13.0. The Morgan fingerprint density at radius 2 is 0.835 bits per heavy atom. The average molecular weight is 1460 g/mol. The average Bonchev–Trinajstić information content (AvgIpc) is 0.775. The van der Waals surface area contributed by atoms with Gasteiger partial charge in [0.25, 0.3) is 0 Å². The molecule has 0 heterocycles. The highest BCUT2D eigenvalue weighted by molar-refractivity contribution is 6.32. The number of ketones is 3. The van der Waals surface area contributed by atoms with Crippen molar-refractivity contribution in [2.24, 2.45) is 5.73 Å². The number of esters is 3. The Kier molecular flexibility index (Phi) is 34.6. The monoisotopic (exact) mass is 1450 g/mol. The molecule has 0 radical (unpaired) electrons. The van der Waals surface area contributed by atoms with Crippen molar-refractivity contribution in [1.29, 1.82) is 0 Å². The molecule has 33 heteroatoms. The van der Waals surface area contributed by atoms with E-state index in [1.165, 1.54) is 28.8 Å². The smallest absolute Gasteiger partial charge is 0.480 e. The molecule has 3 aromatic carbocycles. The molecule has 0 aromatic heterocycles. The van der Waals surface area contributed by atoms with Gasteiger partial charge in [-0.05, 0) is 118 Å². The van der Waals surface area contributed by atoms with Gasteiger partial charge >= 0.3 is 60.4 Å². The third kappa shape index (κ3) is 26.1. The SMILES string of the molecule is CC(C)(C)OC(=O)NCC(=O)O.CN(C(=O)OCCl)[C@]1(c2ccccc2Cl)CCCCC1=O.CN(C(=O)OCOC(=O)CCC(=O)OC(C)(C)C)[C@]1(c2ccccc2Cl)CCCCC1=O.CN(C(=O)OCOC(=O)CN)[C@]1(c2ccccc2Cl)CCCCC1=O.O=C(O)C(F)(F)F. The zero-order valence-corrected chi connectivity index (χ0v) is 58.1. The van der Waals surface area contributed by atoms with Crippen LogP contribution in [0.4, 0.5) is 32.3 Å². The molecule has 6 rings (SSSR count). The maximum Gasteiger partial charge on any atom is 0.490 e. The molecule has 0 bridgehead atoms. The second kappa shape index (κ2) is 39.4. The second-order valence-corrected chi connectivity index (χ2v) is 25.0. The number of carbonyl (C=O) groups excluding carboxylic acids is 10. The molecule has 3 atom stereocenters. The van der Waals surface area contributed by atoms with E-state index in [0.29, 0.717) is 70.3 Å². The van der Waals surface area contributed by atoms with Gasteiger partial charge in [0.2, 0.25) is 13.6 Å². The van der Waals surface area contributed by atoms with Gasteiger partial charge in [-0.15, -0.1) is 0 Å². The molecule has 0 spiro atoms. The number of hydrogen-bond donors (Lipinski definition) is 4. The summed E-state index contributed by atoms with van der Waals surface area (Å²) >= 11 is 24.4. The number of nitrogens with two attached hydrogens (primary N) is 1. The number of aliphatic carboxylic acids is 2. The van der Waals surface area contributed by atoms with Crippen LogP contribution in [0.25, 0.3) is 0 Å². The highest BCUT2D eigenvalue weighted by Crippen LogP contribution is 2.45. The molecular weight excluding hydrogens is 1370 g/mol. The van der Waals surface area contributed by atoms with Crippen molar-refractivity contribution in [1.82, 2.24) is 20.0 Å². The first-order valence-electron chi connectivity index (χ1n) is 30.0. The quantitative estimate of drug-likeness (QED) is 0.0422. The van der Waals surface area contributed by atoms with E-state index in [1.54, 1.807) is 115 Å². The Labute approximate surface area is 579 Å². The summed E-state index contributed by atoms with van der Waals surface area (Å²) in [5.41, 5.74) is 2.13. The lowest BCUT2D eigenvalue weighted by Gasteiger charge is -2.43. The standard InChI is InChI=1S/C23H30ClNO7.C17H21ClN2O5.C15H17Cl2NO3.C7H13NO4.C2HF3O2/c1-22(2,3)32-20(28)13-12-19(27)30-15-31-21(29)25(4)23(14-8-7-11-18(23)26)16-9-5-6-10-17(16)24;1-20(16(23)25-11-24-15(22)10-19)17(9-5-4-8-14(17)21)12-6-2-3-7-13(12)18;1-18(14(20)21-10-16)15(9-5-4-8-13(15)19)11-6-2-3-7-12(11)17;1-7(2,3)12-6(11)8-4-5(9)10;3-2(4,5)1(6)7/h5-6,9-10H,7-8,11-15H2,1-4H3;2-3,6-7H,4-5,8-11,19H2,1H3;2-3,6-7H,4-5,8-10H2,1H3;4H2,1-3H3,(H,8,11)(H,9,10);(H,6,7)/t23-;17-;15-;;/m000../s1. The lowest BCUT2D eigenvalue weighted by Crippen LogP contribution is -2.54. The number of alkyl halides is 4. The van der Waals surface area contributed by atoms with Crippen LogP contribution in [-0.4, -0.2) is 168 Å². The molecule has 538 valence electrons. The van der Waals surface area contributed by atoms with Crippen molar-refractivity contribution < 1.29 is 114 Å². The minimum absolute atomic E-state index is 0.0177. The highest BCUT2D eigenvalue weighted by atomic mass is 35.5. The molecule has 4 amide bonds. The predicted octanol–water partition coefficient (Wildman–Crippen LogP) is 11.7. The second-order valence-electron chi connectivity index (χ2n) is 23.5. The summed E-state index contributed by atoms with van der Waals surface area (Å²) in [5, 5.41) is 18.7. The van der Waals surface area contributed by atoms with E-state index in [2.05, 4.69) is 10.1 Å². The molecule has 3 aromatic rings. The van der Waals surface area contributed by atoms with Crippen LogP contribution in [0.15, 0.2) is 72.8 Å². The van der Waals surface area contributed by atoms with Crippen molar-refractivity contribution >= 4 is 118 Å². The highest BCUT2D eigenvalue weighted by Gasteiger charge is 2.51. The number of carboxylic acid groups (broad SMARTS) is 2. The topological polar surface area (TPSA) is 358 Å². The molecule has 0 unspecified atom stereocenters. The van der Waals surface area contributed by atoms with Gasteiger partial charge in [0.15, 0.2) is 23.4 Å². The van der Waals surface area contributed by atoms with Crippen molar-refractivity contribution in [2.75, 3.05) is 53.9 Å². The van der Waals surface area contributed by atoms with Crippen molar-refractivity contribution in [2.45, 2.75) is 165 Å². The zero-order chi connectivity index (χ0) is 73.7. The normalized spacial score (nSPS) is 18.2. The zero-order valence-electron chi connectivity index (χ0n) is 55.1. The third-order valence-electron chi connectivity index (χ3n) is 14.6. The fourth-order valence-corrected chi connectivity index (χ4v) is 11.1. The molecule has 3 fully saturated rings. The Morgan fingerprint density at radius 1 is 0.515 bits per heavy atom. The van der Waals surface area contributed by atoms with E-state index in [1.807, 2.05) is 6.07 Å². The van der Waals surface area contributed by atoms with Crippen LogP contribution in [-0.2, 0) is 88.1 Å². The lowest BCUT2D eigenvalue weighted by atomic mass is 9.74. The van der Waals surface area contributed by atoms with E-state index in [0.717, 1.165) is 38.5 Å². The van der Waals surface area contributed by atoms with Gasteiger partial charge < -0.3 is 54.4 Å². The summed E-state index contributed by atoms with van der Waals surface area (Å²) in [4.78, 5) is 144. The van der Waals surface area contributed by atoms with Gasteiger partial charge in [-0.1, -0.05) is 101 Å². The van der Waals surface area contributed by atoms with Gasteiger partial charge in [-0.3, -0.25) is 48.3 Å². The summed E-state index contributed by atoms with van der Waals surface area (Å²) in [6.45, 7) is 8.36. The van der Waals surface area contributed by atoms with Gasteiger partial charge in [0, 0.05) is 72.2 Å². The molecule has 3 aliphatic rings. The van der Waals surface area contributed by atoms with Crippen LogP contribution < -0.4 is 11.1 Å². The van der Waals surface area contributed by atoms with E-state index in [4.69, 9.17) is 95.6 Å². The molecule has 0 aliphatic heterocycles. The number of ether oxygens (including phenoxy) is 7. The number of carbonyl (C=O) groups is 12. The Morgan fingerprint density at radius 3 is 1.12 bits per heavy atom. The minimum atomic E-state index is -5.08. The number of nitrogens with one attached hydrogen (secondary N) is 1. The van der Waals surface area contributed by atoms with Crippen LogP contribution >= 0.6 is 46.4 Å². The summed E-state index contributed by atoms with van der Waals surface area (Å²) in [6, 6.07) is 20.7. The fraction of sp³-hybridized carbons (Fsp3) is 0.531. The first-order valence-corrected chi connectivity index (χ1v) is 31.7. The number of likely N-dealkylation sites (N-methyl/N-ethyl adjacent to an activating group) is 3. The van der Waals surface area contributed by atoms with Crippen LogP contribution in [0.3, 0.4) is 0 Å². The van der Waals surface area contributed by atoms with Crippen LogP contribution in [0.2, 0.25) is 15.1 Å². The number of halogens is 7. The van der Waals surface area contributed by atoms with Gasteiger partial charge in [0.1, 0.15) is 34.4 Å². The Bertz CT molecular complexity index is 3240. The molecule has 3 saturated carbocycles. The van der Waals surface area contributed by atoms with Crippen LogP contribution in [0.5, 0.6) is 0 Å². The van der Waals surface area contributed by atoms with Gasteiger partial charge in [0.05, 0.1) is 19.4 Å². The summed E-state index contributed by atoms with van der Waals surface area (Å²) in [5.74, 6) is -6.00. The molecular formula is C64H82Cl4F3N5O21. The number of amides is 4. The number of nitrogens with zero attached hydrogens (tertiary/aromatic N) is 3. The number of rotatable bonds is 17. The van der Waals surface area contributed by atoms with Gasteiger partial charge in [-0.25, -0.2) is 24.0 Å². The molecule has 26 nitrogen and oxygen atoms in total. The number of Topliss-reactive ketones (excluding diaryl/α,β-unsaturated/α-hetero) is 3. The maximum atomic E-state index is 13.0. The van der Waals surface area contributed by atoms with Crippen molar-refractivity contribution in [3.63, 3.8) is 0 Å². The Hall–Kier alpha value is -7.99. The lowest BCUT2D eigenvalue weighted by molar-refractivity contribution is -0.192. The van der Waals surface area contributed by atoms with Crippen LogP contribution in [0, 0.1) is 0 Å². The number of carboxylic acids is 2. The van der Waals surface area contributed by atoms with Crippen LogP contribution in [0.1, 0.15) is 148 Å². The fourth-order valence-electron chi connectivity index (χ4n) is 10.2. The third-order valence-corrected chi connectivity index (χ3v) is 15.7. The first kappa shape index (κ1) is 85.1. The van der Waals surface area contributed by atoms with Gasteiger partial charge in [-0.2, -0.15) is 13.2 Å². The Balaban J connectivity index is 0.000000442. The van der Waals surface area contributed by atoms with E-state index < -0.39 is 108 Å². The predicted molar refractivity (Wildman–Crippen MR) is 345 cm³/mol. The number of hydrogen-bond acceptors (Lipinski definition) is 20. The summed E-state index contributed by atoms with van der Waals surface area (Å²) in [7, 11) is 4.51. The molecule has 3 aliphatic carbocycles. The van der Waals surface area contributed by atoms with E-state index in [9.17, 15) is 65.9 Å². The van der Waals surface area contributed by atoms with Crippen molar-refractivity contribution in [3.05, 3.63) is 105 Å². The summed E-state index contributed by atoms with van der Waals surface area (Å²) in [6.07, 6.45) is -1.19. The van der Waals surface area contributed by atoms with E-state index >= 15 is 0 Å². The van der Waals surface area contributed by atoms with E-state index in [-0.39, 0.29) is 42.8 Å². The largest absolute Gasteiger partial charge is 0.490 e. The molecule has 5 N–H and O–H groups in total. The number of benzene rings is 3. The first-order chi connectivity index (χ1) is 45.2. The number of alkyl carbamates (subject to hydrolysis) is 1. The van der Waals surface area contributed by atoms with Crippen molar-refractivity contribution in [3.8, 4) is 0 Å². The molecule has 0 saturated heterocycles. The minimum Gasteiger partial charge on any atom is -0.480 e. The summed E-state index contributed by atoms with van der Waals surface area (Å²) < 4.78 is 66.1. The molecule has 97 heavy (non-hydrogen) atoms.